The molecule has 0 aliphatic carbocycles. The summed E-state index contributed by atoms with van der Waals surface area (Å²) < 4.78 is 6.11. The SMILES string of the molecule is Cc1cc(C)c(C2CNC(C)C(C)CO2)c(C)c1. The summed E-state index contributed by atoms with van der Waals surface area (Å²) in [6.45, 7) is 12.8. The second kappa shape index (κ2) is 5.41. The van der Waals surface area contributed by atoms with Crippen molar-refractivity contribution in [3.63, 3.8) is 0 Å². The highest BCUT2D eigenvalue weighted by molar-refractivity contribution is 5.39. The van der Waals surface area contributed by atoms with Crippen molar-refractivity contribution < 1.29 is 4.74 Å². The van der Waals surface area contributed by atoms with Crippen LogP contribution in [0.15, 0.2) is 12.1 Å². The van der Waals surface area contributed by atoms with Gasteiger partial charge in [-0.25, -0.2) is 0 Å². The van der Waals surface area contributed by atoms with Gasteiger partial charge in [0.1, 0.15) is 0 Å². The van der Waals surface area contributed by atoms with Crippen LogP contribution in [0.25, 0.3) is 0 Å². The standard InChI is InChI=1S/C16H25NO/c1-10-6-11(2)16(12(3)7-10)15-8-17-14(5)13(4)9-18-15/h6-7,13-15,17H,8-9H2,1-5H3. The largest absolute Gasteiger partial charge is 0.372 e. The maximum atomic E-state index is 6.11. The van der Waals surface area contributed by atoms with Crippen molar-refractivity contribution in [1.29, 1.82) is 0 Å². The molecular formula is C16H25NO. The number of ether oxygens (including phenoxy) is 1. The number of benzene rings is 1. The van der Waals surface area contributed by atoms with Crippen molar-refractivity contribution in [3.8, 4) is 0 Å². The molecule has 1 saturated heterocycles. The highest BCUT2D eigenvalue weighted by Crippen LogP contribution is 2.28. The average molecular weight is 247 g/mol. The first-order valence-corrected chi connectivity index (χ1v) is 6.91. The molecule has 2 nitrogen and oxygen atoms in total. The van der Waals surface area contributed by atoms with E-state index in [0.29, 0.717) is 12.0 Å². The third kappa shape index (κ3) is 2.76. The fraction of sp³-hybridized carbons (Fsp3) is 0.625. The van der Waals surface area contributed by atoms with Crippen molar-refractivity contribution in [1.82, 2.24) is 5.32 Å². The summed E-state index contributed by atoms with van der Waals surface area (Å²) in [5.74, 6) is 0.570. The number of hydrogen-bond acceptors (Lipinski definition) is 2. The molecule has 100 valence electrons. The molecule has 2 heteroatoms. The number of rotatable bonds is 1. The normalized spacial score (nSPS) is 29.1. The fourth-order valence-electron chi connectivity index (χ4n) is 2.85. The van der Waals surface area contributed by atoms with Crippen LogP contribution in [0.4, 0.5) is 0 Å². The van der Waals surface area contributed by atoms with Crippen LogP contribution in [0.5, 0.6) is 0 Å². The minimum absolute atomic E-state index is 0.193. The van der Waals surface area contributed by atoms with E-state index >= 15 is 0 Å². The molecule has 0 spiro atoms. The van der Waals surface area contributed by atoms with Crippen LogP contribution in [-0.2, 0) is 4.74 Å². The molecule has 1 fully saturated rings. The minimum Gasteiger partial charge on any atom is -0.372 e. The monoisotopic (exact) mass is 247 g/mol. The lowest BCUT2D eigenvalue weighted by Crippen LogP contribution is -2.32. The Kier molecular flexibility index (Phi) is 4.08. The van der Waals surface area contributed by atoms with Crippen LogP contribution in [0.1, 0.15) is 42.2 Å². The van der Waals surface area contributed by atoms with Gasteiger partial charge in [0.25, 0.3) is 0 Å². The molecule has 1 heterocycles. The van der Waals surface area contributed by atoms with E-state index < -0.39 is 0 Å². The Hall–Kier alpha value is -0.860. The van der Waals surface area contributed by atoms with Gasteiger partial charge in [-0.3, -0.25) is 0 Å². The van der Waals surface area contributed by atoms with E-state index in [1.165, 1.54) is 22.3 Å². The molecule has 3 atom stereocenters. The van der Waals surface area contributed by atoms with Crippen LogP contribution >= 0.6 is 0 Å². The zero-order valence-corrected chi connectivity index (χ0v) is 12.2. The van der Waals surface area contributed by atoms with Crippen LogP contribution in [0.3, 0.4) is 0 Å². The quantitative estimate of drug-likeness (QED) is 0.822. The van der Waals surface area contributed by atoms with E-state index in [1.54, 1.807) is 0 Å². The maximum Gasteiger partial charge on any atom is 0.0954 e. The van der Waals surface area contributed by atoms with Gasteiger partial charge in [0, 0.05) is 12.6 Å². The molecule has 1 aliphatic rings. The highest BCUT2D eigenvalue weighted by Gasteiger charge is 2.24. The topological polar surface area (TPSA) is 21.3 Å². The third-order valence-electron chi connectivity index (χ3n) is 4.10. The number of nitrogens with one attached hydrogen (secondary N) is 1. The van der Waals surface area contributed by atoms with E-state index in [9.17, 15) is 0 Å². The van der Waals surface area contributed by atoms with Gasteiger partial charge >= 0.3 is 0 Å². The third-order valence-corrected chi connectivity index (χ3v) is 4.10. The molecule has 3 unspecified atom stereocenters. The van der Waals surface area contributed by atoms with Gasteiger partial charge < -0.3 is 10.1 Å². The van der Waals surface area contributed by atoms with Crippen LogP contribution < -0.4 is 5.32 Å². The van der Waals surface area contributed by atoms with Crippen LogP contribution in [-0.4, -0.2) is 19.2 Å². The van der Waals surface area contributed by atoms with Crippen molar-refractivity contribution in [3.05, 3.63) is 34.4 Å². The van der Waals surface area contributed by atoms with Crippen molar-refractivity contribution in [2.45, 2.75) is 46.8 Å². The van der Waals surface area contributed by atoms with Gasteiger partial charge in [0.05, 0.1) is 12.7 Å². The van der Waals surface area contributed by atoms with Crippen molar-refractivity contribution in [2.24, 2.45) is 5.92 Å². The summed E-state index contributed by atoms with van der Waals surface area (Å²) in [7, 11) is 0. The molecule has 18 heavy (non-hydrogen) atoms. The summed E-state index contributed by atoms with van der Waals surface area (Å²) in [4.78, 5) is 0. The molecule has 0 radical (unpaired) electrons. The maximum absolute atomic E-state index is 6.11. The second-order valence-electron chi connectivity index (χ2n) is 5.81. The Morgan fingerprint density at radius 2 is 1.72 bits per heavy atom. The van der Waals surface area contributed by atoms with Crippen molar-refractivity contribution >= 4 is 0 Å². The second-order valence-corrected chi connectivity index (χ2v) is 5.81. The molecule has 0 amide bonds. The smallest absolute Gasteiger partial charge is 0.0954 e. The predicted molar refractivity (Wildman–Crippen MR) is 76.0 cm³/mol. The Balaban J connectivity index is 2.26. The van der Waals surface area contributed by atoms with E-state index in [4.69, 9.17) is 4.74 Å². The lowest BCUT2D eigenvalue weighted by Gasteiger charge is -2.21. The molecule has 0 aromatic heterocycles. The first kappa shape index (κ1) is 13.6. The Bertz CT molecular complexity index is 392. The molecule has 1 aliphatic heterocycles. The van der Waals surface area contributed by atoms with Gasteiger partial charge in [-0.15, -0.1) is 0 Å². The van der Waals surface area contributed by atoms with Gasteiger partial charge in [-0.05, 0) is 50.3 Å². The molecule has 1 N–H and O–H groups in total. The summed E-state index contributed by atoms with van der Waals surface area (Å²) in [6.07, 6.45) is 0.193. The Labute approximate surface area is 111 Å². The van der Waals surface area contributed by atoms with E-state index in [1.807, 2.05) is 0 Å². The summed E-state index contributed by atoms with van der Waals surface area (Å²) in [5.41, 5.74) is 5.40. The molecule has 0 saturated carbocycles. The molecule has 2 rings (SSSR count). The average Bonchev–Trinajstić information content (AvgIpc) is 2.43. The zero-order chi connectivity index (χ0) is 13.3. The molecular weight excluding hydrogens is 222 g/mol. The number of hydrogen-bond donors (Lipinski definition) is 1. The van der Waals surface area contributed by atoms with Gasteiger partial charge in [0.15, 0.2) is 0 Å². The lowest BCUT2D eigenvalue weighted by molar-refractivity contribution is 0.0489. The molecule has 1 aromatic carbocycles. The Morgan fingerprint density at radius 3 is 2.33 bits per heavy atom. The van der Waals surface area contributed by atoms with Crippen LogP contribution in [0, 0.1) is 26.7 Å². The number of aryl methyl sites for hydroxylation is 3. The van der Waals surface area contributed by atoms with Gasteiger partial charge in [0.2, 0.25) is 0 Å². The summed E-state index contributed by atoms with van der Waals surface area (Å²) in [6, 6.07) is 5.04. The van der Waals surface area contributed by atoms with E-state index in [2.05, 4.69) is 52.1 Å². The zero-order valence-electron chi connectivity index (χ0n) is 12.2. The van der Waals surface area contributed by atoms with Gasteiger partial charge in [-0.2, -0.15) is 0 Å². The minimum atomic E-state index is 0.193. The first-order chi connectivity index (χ1) is 8.49. The molecule has 0 bridgehead atoms. The Morgan fingerprint density at radius 1 is 1.11 bits per heavy atom. The van der Waals surface area contributed by atoms with E-state index in [0.717, 1.165) is 13.2 Å². The lowest BCUT2D eigenvalue weighted by atomic mass is 9.95. The van der Waals surface area contributed by atoms with Crippen LogP contribution in [0.2, 0.25) is 0 Å². The fourth-order valence-corrected chi connectivity index (χ4v) is 2.85. The van der Waals surface area contributed by atoms with Crippen molar-refractivity contribution in [2.75, 3.05) is 13.2 Å². The highest BCUT2D eigenvalue weighted by atomic mass is 16.5. The first-order valence-electron chi connectivity index (χ1n) is 6.91. The summed E-state index contributed by atoms with van der Waals surface area (Å²) in [5, 5.41) is 3.59. The van der Waals surface area contributed by atoms with Gasteiger partial charge in [-0.1, -0.05) is 24.6 Å². The molecule has 1 aromatic rings. The predicted octanol–water partition coefficient (Wildman–Crippen LogP) is 3.30. The summed E-state index contributed by atoms with van der Waals surface area (Å²) >= 11 is 0. The van der Waals surface area contributed by atoms with E-state index in [-0.39, 0.29) is 6.10 Å².